The van der Waals surface area contributed by atoms with Gasteiger partial charge in [0.05, 0.1) is 33.1 Å². The van der Waals surface area contributed by atoms with Crippen molar-refractivity contribution in [2.45, 2.75) is 0 Å². The van der Waals surface area contributed by atoms with Crippen LogP contribution >= 0.6 is 0 Å². The highest BCUT2D eigenvalue weighted by Gasteiger charge is 2.20. The summed E-state index contributed by atoms with van der Waals surface area (Å²) >= 11 is 0. The van der Waals surface area contributed by atoms with E-state index < -0.39 is 0 Å². The molecule has 4 aromatic heterocycles. The van der Waals surface area contributed by atoms with Gasteiger partial charge in [-0.05, 0) is 107 Å². The molecule has 6 nitrogen and oxygen atoms in total. The smallest absolute Gasteiger partial charge is 0.238 e. The lowest BCUT2D eigenvalue weighted by Gasteiger charge is -2.11. The topological polar surface area (TPSA) is 53.5 Å². The van der Waals surface area contributed by atoms with Crippen molar-refractivity contribution in [1.29, 1.82) is 0 Å². The maximum absolute atomic E-state index is 5.15. The van der Waals surface area contributed by atoms with E-state index in [2.05, 4.69) is 196 Å². The van der Waals surface area contributed by atoms with Gasteiger partial charge < -0.3 is 9.13 Å². The second kappa shape index (κ2) is 15.6. The molecule has 0 spiro atoms. The van der Waals surface area contributed by atoms with E-state index in [9.17, 15) is 0 Å². The molecule has 0 atom stereocenters. The van der Waals surface area contributed by atoms with Gasteiger partial charge in [-0.15, -0.1) is 0 Å². The number of para-hydroxylation sites is 4. The summed E-state index contributed by atoms with van der Waals surface area (Å²) < 4.78 is 6.95. The second-order valence-corrected chi connectivity index (χ2v) is 17.7. The predicted octanol–water partition coefficient (Wildman–Crippen LogP) is 15.8. The molecule has 6 heteroatoms. The largest absolute Gasteiger partial charge is 0.309 e. The van der Waals surface area contributed by atoms with Crippen LogP contribution in [0.3, 0.4) is 0 Å². The Morgan fingerprint density at radius 2 is 0.522 bits per heavy atom. The number of nitrogens with zero attached hydrogens (tertiary/aromatic N) is 6. The van der Waals surface area contributed by atoms with Crippen molar-refractivity contribution < 1.29 is 0 Å². The predicted molar refractivity (Wildman–Crippen MR) is 285 cm³/mol. The fourth-order valence-electron chi connectivity index (χ4n) is 10.5. The van der Waals surface area contributed by atoms with Crippen LogP contribution in [0, 0.1) is 0 Å². The third-order valence-corrected chi connectivity index (χ3v) is 13.7. The third-order valence-electron chi connectivity index (χ3n) is 13.7. The molecule has 4 heterocycles. The number of fused-ring (bicyclic) bond motifs is 9. The Morgan fingerprint density at radius 3 is 0.928 bits per heavy atom. The summed E-state index contributed by atoms with van der Waals surface area (Å²) in [6.07, 6.45) is 0. The van der Waals surface area contributed by atoms with E-state index in [1.54, 1.807) is 0 Å². The van der Waals surface area contributed by atoms with Gasteiger partial charge in [0.1, 0.15) is 0 Å². The van der Waals surface area contributed by atoms with Crippen molar-refractivity contribution in [3.63, 3.8) is 0 Å². The molecule has 0 amide bonds. The zero-order chi connectivity index (χ0) is 45.4. The van der Waals surface area contributed by atoms with Crippen LogP contribution < -0.4 is 0 Å². The van der Waals surface area contributed by atoms with Gasteiger partial charge in [0.25, 0.3) is 0 Å². The first kappa shape index (κ1) is 38.8. The van der Waals surface area contributed by atoms with Crippen molar-refractivity contribution in [2.24, 2.45) is 0 Å². The van der Waals surface area contributed by atoms with Crippen LogP contribution in [0.2, 0.25) is 0 Å². The lowest BCUT2D eigenvalue weighted by atomic mass is 9.98. The number of hydrogen-bond acceptors (Lipinski definition) is 3. The van der Waals surface area contributed by atoms with Crippen molar-refractivity contribution in [3.8, 4) is 62.4 Å². The Morgan fingerprint density at radius 1 is 0.217 bits per heavy atom. The summed E-state index contributed by atoms with van der Waals surface area (Å²) in [7, 11) is 0. The summed E-state index contributed by atoms with van der Waals surface area (Å²) in [4.78, 5) is 15.3. The average molecular weight is 881 g/mol. The minimum absolute atomic E-state index is 0.578. The summed E-state index contributed by atoms with van der Waals surface area (Å²) in [5.41, 5.74) is 15.6. The van der Waals surface area contributed by atoms with Crippen molar-refractivity contribution in [2.75, 3.05) is 0 Å². The highest BCUT2D eigenvalue weighted by molar-refractivity contribution is 6.14. The van der Waals surface area contributed by atoms with Crippen LogP contribution in [0.5, 0.6) is 0 Å². The summed E-state index contributed by atoms with van der Waals surface area (Å²) in [5, 5.41) is 7.14. The third kappa shape index (κ3) is 6.30. The van der Waals surface area contributed by atoms with E-state index in [1.165, 1.54) is 49.2 Å². The molecule has 10 aromatic carbocycles. The molecular formula is C63H40N6. The molecule has 0 aliphatic rings. The number of rotatable bonds is 7. The standard InChI is InChI=1S/C63H40N6/c1-5-17-41(18-6-1)61-64-62(42-19-7-2-8-20-42)66-63(65-61)69-56-28-16-14-26-50(56)52-38-44(32-36-60(52)69)46-31-35-59-54(40-46)53-39-45(30-34-58(53)68(59)48-23-11-4-12-24-48)43-29-33-57-51(37-43)49-25-13-15-27-55(49)67(57)47-21-9-3-10-22-47/h1-40H. The second-order valence-electron chi connectivity index (χ2n) is 17.7. The van der Waals surface area contributed by atoms with Gasteiger partial charge in [-0.25, -0.2) is 4.98 Å². The van der Waals surface area contributed by atoms with E-state index >= 15 is 0 Å². The normalized spacial score (nSPS) is 11.8. The highest BCUT2D eigenvalue weighted by atomic mass is 15.2. The van der Waals surface area contributed by atoms with Gasteiger partial charge >= 0.3 is 0 Å². The zero-order valence-electron chi connectivity index (χ0n) is 37.3. The maximum atomic E-state index is 5.15. The Balaban J connectivity index is 0.934. The van der Waals surface area contributed by atoms with Crippen LogP contribution in [-0.4, -0.2) is 28.7 Å². The SMILES string of the molecule is c1ccc(-c2nc(-c3ccccc3)nc(-n3c4ccccc4c4cc(-c5ccc6c(c5)c5cc(-c7ccc8c(c7)c7ccccc7n8-c7ccccc7)ccc5n6-c5ccccc5)ccc43)n2)cc1. The number of aromatic nitrogens is 6. The first-order valence-electron chi connectivity index (χ1n) is 23.4. The van der Waals surface area contributed by atoms with Gasteiger partial charge in [0.15, 0.2) is 11.6 Å². The van der Waals surface area contributed by atoms with Crippen LogP contribution in [0.4, 0.5) is 0 Å². The highest BCUT2D eigenvalue weighted by Crippen LogP contribution is 2.41. The van der Waals surface area contributed by atoms with Gasteiger partial charge in [-0.3, -0.25) is 4.57 Å². The molecule has 0 fully saturated rings. The fraction of sp³-hybridized carbons (Fsp3) is 0. The van der Waals surface area contributed by atoms with E-state index in [-0.39, 0.29) is 0 Å². The summed E-state index contributed by atoms with van der Waals surface area (Å²) in [6, 6.07) is 86.5. The maximum Gasteiger partial charge on any atom is 0.238 e. The fourth-order valence-corrected chi connectivity index (χ4v) is 10.5. The molecule has 14 aromatic rings. The van der Waals surface area contributed by atoms with Gasteiger partial charge in [-0.2, -0.15) is 9.97 Å². The van der Waals surface area contributed by atoms with E-state index in [0.717, 1.165) is 61.0 Å². The van der Waals surface area contributed by atoms with Crippen molar-refractivity contribution >= 4 is 65.4 Å². The quantitative estimate of drug-likeness (QED) is 0.160. The van der Waals surface area contributed by atoms with Crippen LogP contribution in [0.15, 0.2) is 243 Å². The molecule has 0 radical (unpaired) electrons. The molecule has 0 aliphatic carbocycles. The lowest BCUT2D eigenvalue weighted by Crippen LogP contribution is -2.06. The molecule has 0 bridgehead atoms. The molecule has 14 rings (SSSR count). The minimum atomic E-state index is 0.578. The molecule has 322 valence electrons. The Hall–Kier alpha value is -9.39. The summed E-state index contributed by atoms with van der Waals surface area (Å²) in [5.74, 6) is 1.84. The minimum Gasteiger partial charge on any atom is -0.309 e. The zero-order valence-corrected chi connectivity index (χ0v) is 37.3. The molecule has 0 aliphatic heterocycles. The first-order valence-corrected chi connectivity index (χ1v) is 23.4. The molecular weight excluding hydrogens is 841 g/mol. The van der Waals surface area contributed by atoms with E-state index in [4.69, 9.17) is 15.0 Å². The van der Waals surface area contributed by atoms with Crippen LogP contribution in [0.25, 0.3) is 128 Å². The van der Waals surface area contributed by atoms with Crippen molar-refractivity contribution in [3.05, 3.63) is 243 Å². The van der Waals surface area contributed by atoms with Gasteiger partial charge in [0, 0.05) is 54.8 Å². The van der Waals surface area contributed by atoms with Crippen LogP contribution in [-0.2, 0) is 0 Å². The van der Waals surface area contributed by atoms with Gasteiger partial charge in [-0.1, -0.05) is 158 Å². The van der Waals surface area contributed by atoms with Crippen LogP contribution in [0.1, 0.15) is 0 Å². The Kier molecular flexibility index (Phi) is 8.79. The molecule has 69 heavy (non-hydrogen) atoms. The van der Waals surface area contributed by atoms with Crippen molar-refractivity contribution in [1.82, 2.24) is 28.7 Å². The molecule has 0 saturated heterocycles. The van der Waals surface area contributed by atoms with E-state index in [0.29, 0.717) is 17.6 Å². The Bertz CT molecular complexity index is 4230. The first-order chi connectivity index (χ1) is 34.2. The van der Waals surface area contributed by atoms with Gasteiger partial charge in [0.2, 0.25) is 5.95 Å². The molecule has 0 N–H and O–H groups in total. The molecule has 0 unspecified atom stereocenters. The molecule has 0 saturated carbocycles. The number of hydrogen-bond donors (Lipinski definition) is 0. The monoisotopic (exact) mass is 880 g/mol. The summed E-state index contributed by atoms with van der Waals surface area (Å²) in [6.45, 7) is 0. The number of benzene rings is 10. The average Bonchev–Trinajstić information content (AvgIpc) is 4.06. The Labute approximate surface area is 397 Å². The van der Waals surface area contributed by atoms with E-state index in [1.807, 2.05) is 60.7 Å². The lowest BCUT2D eigenvalue weighted by molar-refractivity contribution is 0.953.